The minimum absolute atomic E-state index is 0.148. The van der Waals surface area contributed by atoms with Crippen molar-refractivity contribution in [1.82, 2.24) is 10.2 Å². The van der Waals surface area contributed by atoms with Crippen LogP contribution in [0.15, 0.2) is 58.9 Å². The average molecular weight is 754 g/mol. The van der Waals surface area contributed by atoms with Gasteiger partial charge in [0.15, 0.2) is 0 Å². The van der Waals surface area contributed by atoms with Crippen LogP contribution in [-0.4, -0.2) is 40.8 Å². The first-order chi connectivity index (χ1) is 24.0. The minimum atomic E-state index is -4.45. The van der Waals surface area contributed by atoms with Crippen molar-refractivity contribution in [3.05, 3.63) is 90.7 Å². The number of alkyl halides is 3. The quantitative estimate of drug-likeness (QED) is 0.251. The van der Waals surface area contributed by atoms with Crippen LogP contribution in [0, 0.1) is 6.92 Å². The summed E-state index contributed by atoms with van der Waals surface area (Å²) in [5, 5.41) is 17.4. The maximum atomic E-state index is 14.4. The first kappa shape index (κ1) is 43.1. The van der Waals surface area contributed by atoms with Gasteiger partial charge in [0.25, 0.3) is 6.47 Å². The molecular formula is C38H51ClF3N3O3S2. The van der Waals surface area contributed by atoms with Gasteiger partial charge in [-0.3, -0.25) is 4.79 Å². The van der Waals surface area contributed by atoms with Gasteiger partial charge in [0.1, 0.15) is 21.5 Å². The van der Waals surface area contributed by atoms with Crippen molar-refractivity contribution in [2.24, 2.45) is 0 Å². The van der Waals surface area contributed by atoms with E-state index in [1.54, 1.807) is 49.3 Å². The molecule has 3 aromatic rings. The number of aromatic nitrogens is 2. The zero-order valence-corrected chi connectivity index (χ0v) is 33.0. The Morgan fingerprint density at radius 3 is 2.24 bits per heavy atom. The van der Waals surface area contributed by atoms with Crippen molar-refractivity contribution in [3.8, 4) is 5.75 Å². The number of ether oxygens (including phenoxy) is 1. The predicted molar refractivity (Wildman–Crippen MR) is 204 cm³/mol. The lowest BCUT2D eigenvalue weighted by Crippen LogP contribution is -2.36. The van der Waals surface area contributed by atoms with Gasteiger partial charge in [0, 0.05) is 28.5 Å². The molecule has 1 fully saturated rings. The molecule has 0 spiro atoms. The largest absolute Gasteiger partial charge is 0.496 e. The monoisotopic (exact) mass is 753 g/mol. The number of methoxy groups -OCH3 is 1. The topological polar surface area (TPSA) is 75.5 Å². The van der Waals surface area contributed by atoms with Gasteiger partial charge in [-0.05, 0) is 98.4 Å². The number of anilines is 1. The fraction of sp³-hybridized carbons (Fsp3) is 0.500. The normalized spacial score (nSPS) is 16.4. The van der Waals surface area contributed by atoms with Gasteiger partial charge in [-0.25, -0.2) is 0 Å². The van der Waals surface area contributed by atoms with E-state index in [1.165, 1.54) is 10.5 Å². The number of carbonyl (C=O) groups is 1. The standard InChI is InChI=1S/C27H27ClF3NOS.C6H10N2S.2C2H6.CH2O2/c1-4-16-12-15(2)26(27(29,30)31)32-21-11-10-18(28)13-20(21)25(34-14-22(16)32)19-6-5-7-23(33-3)24(19)17-8-9-17;1-3-4-6-8-7-5(2)9-6;2*1-2;2-1-3/h5-7,10-11,13,17,25H,4,8-9,12,14H2,1-3H3;3-4H2,1-2H3;2*1-2H3;1H,(H,2,3). The van der Waals surface area contributed by atoms with Crippen LogP contribution >= 0.6 is 34.7 Å². The van der Waals surface area contributed by atoms with E-state index >= 15 is 0 Å². The molecule has 1 aliphatic carbocycles. The second-order valence-electron chi connectivity index (χ2n) is 11.2. The van der Waals surface area contributed by atoms with Crippen LogP contribution in [0.3, 0.4) is 0 Å². The molecule has 3 aliphatic rings. The molecule has 3 heterocycles. The Kier molecular flexibility index (Phi) is 17.9. The maximum Gasteiger partial charge on any atom is 0.431 e. The van der Waals surface area contributed by atoms with Crippen LogP contribution in [0.5, 0.6) is 5.75 Å². The fourth-order valence-electron chi connectivity index (χ4n) is 6.00. The molecule has 6 nitrogen and oxygen atoms in total. The van der Waals surface area contributed by atoms with Crippen LogP contribution < -0.4 is 9.64 Å². The average Bonchev–Trinajstić information content (AvgIpc) is 3.89. The van der Waals surface area contributed by atoms with Gasteiger partial charge in [0.05, 0.1) is 18.0 Å². The number of hydrogen-bond donors (Lipinski definition) is 1. The maximum absolute atomic E-state index is 14.4. The number of rotatable bonds is 6. The Balaban J connectivity index is 0.000000455. The van der Waals surface area contributed by atoms with Crippen LogP contribution in [0.2, 0.25) is 5.02 Å². The molecule has 1 aromatic heterocycles. The highest BCUT2D eigenvalue weighted by atomic mass is 35.5. The third-order valence-electron chi connectivity index (χ3n) is 8.00. The lowest BCUT2D eigenvalue weighted by molar-refractivity contribution is -0.122. The number of hydrogen-bond acceptors (Lipinski definition) is 7. The number of benzene rings is 2. The summed E-state index contributed by atoms with van der Waals surface area (Å²) in [6.07, 6.45) is 1.06. The van der Waals surface area contributed by atoms with Gasteiger partial charge in [-0.1, -0.05) is 65.3 Å². The van der Waals surface area contributed by atoms with E-state index in [1.807, 2.05) is 59.7 Å². The highest BCUT2D eigenvalue weighted by Gasteiger charge is 2.46. The Hall–Kier alpha value is -3.02. The van der Waals surface area contributed by atoms with Gasteiger partial charge in [-0.2, -0.15) is 13.2 Å². The second-order valence-corrected chi connectivity index (χ2v) is 14.0. The summed E-state index contributed by atoms with van der Waals surface area (Å²) in [6, 6.07) is 11.4. The zero-order valence-electron chi connectivity index (χ0n) is 30.6. The molecule has 2 aliphatic heterocycles. The van der Waals surface area contributed by atoms with E-state index < -0.39 is 11.9 Å². The third kappa shape index (κ3) is 10.7. The van der Waals surface area contributed by atoms with Gasteiger partial charge in [-0.15, -0.1) is 33.3 Å². The van der Waals surface area contributed by atoms with Crippen molar-refractivity contribution in [3.63, 3.8) is 0 Å². The molecule has 1 atom stereocenters. The number of carboxylic acid groups (broad SMARTS) is 1. The first-order valence-corrected chi connectivity index (χ1v) is 19.5. The van der Waals surface area contributed by atoms with Crippen molar-refractivity contribution in [2.45, 2.75) is 111 Å². The molecule has 0 bridgehead atoms. The molecule has 12 heteroatoms. The van der Waals surface area contributed by atoms with Crippen LogP contribution in [0.4, 0.5) is 18.9 Å². The van der Waals surface area contributed by atoms with Gasteiger partial charge < -0.3 is 14.7 Å². The summed E-state index contributed by atoms with van der Waals surface area (Å²) in [7, 11) is 1.68. The van der Waals surface area contributed by atoms with Crippen LogP contribution in [-0.2, 0) is 11.2 Å². The Labute approximate surface area is 309 Å². The van der Waals surface area contributed by atoms with Gasteiger partial charge in [0.2, 0.25) is 0 Å². The molecule has 2 aromatic carbocycles. The summed E-state index contributed by atoms with van der Waals surface area (Å²) in [4.78, 5) is 9.84. The highest BCUT2D eigenvalue weighted by molar-refractivity contribution is 7.99. The van der Waals surface area contributed by atoms with Crippen LogP contribution in [0.25, 0.3) is 0 Å². The summed E-state index contributed by atoms with van der Waals surface area (Å²) < 4.78 is 49.0. The minimum Gasteiger partial charge on any atom is -0.496 e. The molecule has 0 saturated heterocycles. The predicted octanol–water partition coefficient (Wildman–Crippen LogP) is 12.3. The summed E-state index contributed by atoms with van der Waals surface area (Å²) in [5.74, 6) is 1.78. The van der Waals surface area contributed by atoms with Crippen molar-refractivity contribution in [2.75, 3.05) is 17.8 Å². The lowest BCUT2D eigenvalue weighted by Gasteiger charge is -2.37. The number of fused-ring (bicyclic) bond motifs is 3. The molecule has 1 unspecified atom stereocenters. The molecule has 1 saturated carbocycles. The third-order valence-corrected chi connectivity index (χ3v) is 10.4. The van der Waals surface area contributed by atoms with E-state index in [0.717, 1.165) is 70.3 Å². The van der Waals surface area contributed by atoms with E-state index in [9.17, 15) is 13.2 Å². The smallest absolute Gasteiger partial charge is 0.431 e. The van der Waals surface area contributed by atoms with E-state index in [2.05, 4.69) is 23.2 Å². The molecule has 50 heavy (non-hydrogen) atoms. The van der Waals surface area contributed by atoms with Crippen LogP contribution in [0.1, 0.15) is 118 Å². The lowest BCUT2D eigenvalue weighted by atomic mass is 9.92. The van der Waals surface area contributed by atoms with E-state index in [-0.39, 0.29) is 11.7 Å². The van der Waals surface area contributed by atoms with Crippen molar-refractivity contribution in [1.29, 1.82) is 0 Å². The molecule has 1 N–H and O–H groups in total. The highest BCUT2D eigenvalue weighted by Crippen LogP contribution is 2.56. The molecule has 0 radical (unpaired) electrons. The zero-order chi connectivity index (χ0) is 37.6. The number of nitrogens with zero attached hydrogens (tertiary/aromatic N) is 3. The Bertz CT molecular complexity index is 1600. The number of halogens is 4. The van der Waals surface area contributed by atoms with Gasteiger partial charge >= 0.3 is 6.18 Å². The number of allylic oxidation sites excluding steroid dienone is 3. The molecule has 276 valence electrons. The van der Waals surface area contributed by atoms with Crippen molar-refractivity contribution < 1.29 is 27.8 Å². The summed E-state index contributed by atoms with van der Waals surface area (Å²) >= 11 is 9.82. The Morgan fingerprint density at radius 2 is 1.72 bits per heavy atom. The van der Waals surface area contributed by atoms with E-state index in [0.29, 0.717) is 34.4 Å². The summed E-state index contributed by atoms with van der Waals surface area (Å²) in [5.41, 5.74) is 5.30. The number of thioether (sulfide) groups is 1. The fourth-order valence-corrected chi connectivity index (χ4v) is 8.40. The summed E-state index contributed by atoms with van der Waals surface area (Å²) in [6.45, 7) is 15.5. The first-order valence-electron chi connectivity index (χ1n) is 17.2. The second kappa shape index (κ2) is 20.7. The van der Waals surface area contributed by atoms with Crippen molar-refractivity contribution >= 4 is 46.9 Å². The molecule has 6 rings (SSSR count). The van der Waals surface area contributed by atoms with E-state index in [4.69, 9.17) is 26.2 Å². The number of aryl methyl sites for hydroxylation is 2. The Morgan fingerprint density at radius 1 is 1.06 bits per heavy atom. The SMILES string of the molecule is CC.CC.CCC1=C2CSC(c3cccc(OC)c3C3CC3)c3cc(Cl)ccc3N2C(C(F)(F)F)=C(C)C1.CCCc1nnc(C)s1.O=CO. The molecule has 0 amide bonds. The molecular weight excluding hydrogens is 703 g/mol.